The van der Waals surface area contributed by atoms with Crippen LogP contribution in [0.2, 0.25) is 0 Å². The van der Waals surface area contributed by atoms with Crippen LogP contribution < -0.4 is 0 Å². The maximum atomic E-state index is 8.05. The summed E-state index contributed by atoms with van der Waals surface area (Å²) in [5.41, 5.74) is 0. The first kappa shape index (κ1) is 14.5. The van der Waals surface area contributed by atoms with E-state index in [0.29, 0.717) is 0 Å². The Bertz CT molecular complexity index is 80.5. The van der Waals surface area contributed by atoms with E-state index < -0.39 is 9.05 Å². The van der Waals surface area contributed by atoms with Crippen molar-refractivity contribution in [2.24, 2.45) is 0 Å². The molecule has 0 heterocycles. The Labute approximate surface area is 74.1 Å². The van der Waals surface area contributed by atoms with Crippen molar-refractivity contribution in [2.45, 2.75) is 20.8 Å². The summed E-state index contributed by atoms with van der Waals surface area (Å²) >= 11 is 0. The summed E-state index contributed by atoms with van der Waals surface area (Å²) in [5.74, 6) is 0. The highest BCUT2D eigenvalue weighted by Crippen LogP contribution is 1.85. The van der Waals surface area contributed by atoms with Gasteiger partial charge < -0.3 is 23.5 Å². The van der Waals surface area contributed by atoms with Crippen molar-refractivity contribution >= 4 is 9.05 Å². The summed E-state index contributed by atoms with van der Waals surface area (Å²) < 4.78 is 8.87. The molecule has 0 fully saturated rings. The lowest BCUT2D eigenvalue weighted by molar-refractivity contribution is 0.0687. The second-order valence-corrected chi connectivity index (χ2v) is 3.22. The lowest BCUT2D eigenvalue weighted by Gasteiger charge is -2.05. The molecule has 5 nitrogen and oxygen atoms in total. The second-order valence-electron chi connectivity index (χ2n) is 1.79. The van der Waals surface area contributed by atoms with Crippen LogP contribution in [0.25, 0.3) is 0 Å². The Kier molecular flexibility index (Phi) is 11.0. The highest BCUT2D eigenvalue weighted by atomic mass is 28.4. The number of ether oxygens (including phenoxy) is 1. The minimum absolute atomic E-state index is 0.121. The molecule has 0 saturated carbocycles. The van der Waals surface area contributed by atoms with Gasteiger partial charge in [0.15, 0.2) is 0 Å². The van der Waals surface area contributed by atoms with Crippen LogP contribution in [-0.2, 0) is 9.16 Å². The molecule has 0 saturated heterocycles. The van der Waals surface area contributed by atoms with Gasteiger partial charge >= 0.3 is 9.05 Å². The molecule has 0 aromatic rings. The topological polar surface area (TPSA) is 79.2 Å². The van der Waals surface area contributed by atoms with E-state index in [0.717, 1.165) is 13.2 Å². The molecule has 0 aliphatic rings. The zero-order valence-corrected chi connectivity index (χ0v) is 8.78. The van der Waals surface area contributed by atoms with Gasteiger partial charge in [0.05, 0.1) is 0 Å². The van der Waals surface area contributed by atoms with Crippen molar-refractivity contribution < 1.29 is 23.5 Å². The molecule has 0 spiro atoms. The molecule has 0 aliphatic heterocycles. The van der Waals surface area contributed by atoms with Gasteiger partial charge in [-0.25, -0.2) is 0 Å². The van der Waals surface area contributed by atoms with E-state index in [2.05, 4.69) is 4.43 Å². The summed E-state index contributed by atoms with van der Waals surface area (Å²) in [6.07, 6.45) is 0. The average molecular weight is 198 g/mol. The Morgan fingerprint density at radius 2 is 1.33 bits per heavy atom. The molecule has 6 heteroatoms. The third-order valence-corrected chi connectivity index (χ3v) is 1.42. The number of hydrogen-bond acceptors (Lipinski definition) is 5. The Morgan fingerprint density at radius 1 is 0.917 bits per heavy atom. The third-order valence-electron chi connectivity index (χ3n) is 0.746. The highest BCUT2D eigenvalue weighted by Gasteiger charge is 2.28. The summed E-state index contributed by atoms with van der Waals surface area (Å²) in [4.78, 5) is 24.1. The summed E-state index contributed by atoms with van der Waals surface area (Å²) in [6, 6.07) is 0. The van der Waals surface area contributed by atoms with Crippen LogP contribution in [0.1, 0.15) is 20.8 Å². The van der Waals surface area contributed by atoms with Crippen molar-refractivity contribution in [1.82, 2.24) is 0 Å². The van der Waals surface area contributed by atoms with E-state index in [9.17, 15) is 0 Å². The predicted octanol–water partition coefficient (Wildman–Crippen LogP) is -0.522. The SMILES string of the molecule is CCOCC.CCO[Si](O)(O)O. The van der Waals surface area contributed by atoms with Gasteiger partial charge in [0, 0.05) is 19.8 Å². The predicted molar refractivity (Wildman–Crippen MR) is 46.2 cm³/mol. The fraction of sp³-hybridized carbons (Fsp3) is 1.00. The van der Waals surface area contributed by atoms with Crippen LogP contribution >= 0.6 is 0 Å². The van der Waals surface area contributed by atoms with E-state index in [1.54, 1.807) is 6.92 Å². The number of rotatable bonds is 4. The third kappa shape index (κ3) is 22.5. The fourth-order valence-corrected chi connectivity index (χ4v) is 0.785. The Morgan fingerprint density at radius 3 is 1.33 bits per heavy atom. The average Bonchev–Trinajstić information content (AvgIpc) is 1.87. The number of hydrogen-bond donors (Lipinski definition) is 3. The van der Waals surface area contributed by atoms with Crippen LogP contribution in [0.4, 0.5) is 0 Å². The second kappa shape index (κ2) is 9.11. The summed E-state index contributed by atoms with van der Waals surface area (Å²) in [5, 5.41) is 0. The van der Waals surface area contributed by atoms with E-state index in [1.165, 1.54) is 0 Å². The Hall–Kier alpha value is 0.0169. The minimum Gasteiger partial charge on any atom is -0.382 e. The minimum atomic E-state index is -4.16. The first-order valence-electron chi connectivity index (χ1n) is 3.86. The van der Waals surface area contributed by atoms with Gasteiger partial charge in [0.25, 0.3) is 0 Å². The van der Waals surface area contributed by atoms with Gasteiger partial charge in [-0.1, -0.05) is 0 Å². The molecule has 0 aromatic carbocycles. The first-order chi connectivity index (χ1) is 5.47. The molecular weight excluding hydrogens is 180 g/mol. The lowest BCUT2D eigenvalue weighted by Crippen LogP contribution is -2.38. The highest BCUT2D eigenvalue weighted by molar-refractivity contribution is 6.48. The van der Waals surface area contributed by atoms with Crippen LogP contribution in [0.5, 0.6) is 0 Å². The van der Waals surface area contributed by atoms with E-state index >= 15 is 0 Å². The van der Waals surface area contributed by atoms with E-state index in [1.807, 2.05) is 13.8 Å². The molecule has 0 unspecified atom stereocenters. The van der Waals surface area contributed by atoms with Crippen molar-refractivity contribution in [1.29, 1.82) is 0 Å². The molecule has 0 aromatic heterocycles. The molecule has 0 bridgehead atoms. The summed E-state index contributed by atoms with van der Waals surface area (Å²) in [6.45, 7) is 7.35. The van der Waals surface area contributed by atoms with Gasteiger partial charge in [0.1, 0.15) is 0 Å². The molecule has 3 N–H and O–H groups in total. The molecule has 76 valence electrons. The molecule has 0 atom stereocenters. The zero-order chi connectivity index (χ0) is 10.0. The maximum Gasteiger partial charge on any atom is 0.671 e. The smallest absolute Gasteiger partial charge is 0.382 e. The maximum absolute atomic E-state index is 8.05. The molecule has 12 heavy (non-hydrogen) atoms. The van der Waals surface area contributed by atoms with Crippen LogP contribution in [-0.4, -0.2) is 43.3 Å². The van der Waals surface area contributed by atoms with Gasteiger partial charge in [0.2, 0.25) is 0 Å². The molecule has 0 radical (unpaired) electrons. The Balaban J connectivity index is 0. The van der Waals surface area contributed by atoms with Crippen molar-refractivity contribution in [3.05, 3.63) is 0 Å². The van der Waals surface area contributed by atoms with Gasteiger partial charge in [-0.05, 0) is 20.8 Å². The molecule has 0 amide bonds. The standard InChI is InChI=1S/C4H10O.C2H8O4Si/c1-3-5-4-2;1-2-6-7(3,4)5/h3-4H2,1-2H3;3-5H,2H2,1H3. The van der Waals surface area contributed by atoms with E-state index in [-0.39, 0.29) is 6.61 Å². The van der Waals surface area contributed by atoms with Crippen LogP contribution in [0, 0.1) is 0 Å². The van der Waals surface area contributed by atoms with Crippen LogP contribution in [0.15, 0.2) is 0 Å². The molecular formula is C6H18O5Si. The van der Waals surface area contributed by atoms with Crippen molar-refractivity contribution in [3.8, 4) is 0 Å². The summed E-state index contributed by atoms with van der Waals surface area (Å²) in [7, 11) is -4.16. The van der Waals surface area contributed by atoms with Gasteiger partial charge in [-0.2, -0.15) is 0 Å². The monoisotopic (exact) mass is 198 g/mol. The van der Waals surface area contributed by atoms with E-state index in [4.69, 9.17) is 19.1 Å². The molecule has 0 rings (SSSR count). The van der Waals surface area contributed by atoms with Gasteiger partial charge in [-0.15, -0.1) is 0 Å². The van der Waals surface area contributed by atoms with Crippen molar-refractivity contribution in [3.63, 3.8) is 0 Å². The molecule has 0 aliphatic carbocycles. The van der Waals surface area contributed by atoms with Crippen LogP contribution in [0.3, 0.4) is 0 Å². The largest absolute Gasteiger partial charge is 0.671 e. The quantitative estimate of drug-likeness (QED) is 0.530. The van der Waals surface area contributed by atoms with Gasteiger partial charge in [-0.3, -0.25) is 0 Å². The fourth-order valence-electron chi connectivity index (χ4n) is 0.398. The zero-order valence-electron chi connectivity index (χ0n) is 7.78. The first-order valence-corrected chi connectivity index (χ1v) is 5.61. The normalized spacial score (nSPS) is 10.5. The van der Waals surface area contributed by atoms with Crippen molar-refractivity contribution in [2.75, 3.05) is 19.8 Å². The lowest BCUT2D eigenvalue weighted by atomic mass is 10.8.